The van der Waals surface area contributed by atoms with Crippen molar-refractivity contribution in [2.45, 2.75) is 111 Å². The molecule has 3 rings (SSSR count). The highest BCUT2D eigenvalue weighted by atomic mass is 28.4. The van der Waals surface area contributed by atoms with E-state index in [4.69, 9.17) is 9.16 Å². The van der Waals surface area contributed by atoms with E-state index in [1.165, 1.54) is 5.56 Å². The molecule has 3 nitrogen and oxygen atoms in total. The summed E-state index contributed by atoms with van der Waals surface area (Å²) >= 11 is 0. The van der Waals surface area contributed by atoms with Gasteiger partial charge < -0.3 is 9.16 Å². The van der Waals surface area contributed by atoms with Crippen molar-refractivity contribution in [2.24, 2.45) is 22.2 Å². The molecule has 1 aromatic rings. The summed E-state index contributed by atoms with van der Waals surface area (Å²) in [5, 5.41) is 0. The van der Waals surface area contributed by atoms with E-state index in [9.17, 15) is 4.79 Å². The van der Waals surface area contributed by atoms with Crippen molar-refractivity contribution < 1.29 is 14.0 Å². The molecule has 0 N–H and O–H groups in total. The number of ketones is 1. The van der Waals surface area contributed by atoms with Gasteiger partial charge in [-0.25, -0.2) is 0 Å². The van der Waals surface area contributed by atoms with Gasteiger partial charge in [-0.1, -0.05) is 64.1 Å². The van der Waals surface area contributed by atoms with Crippen LogP contribution in [0.2, 0.25) is 19.6 Å². The Kier molecular flexibility index (Phi) is 8.37. The van der Waals surface area contributed by atoms with Gasteiger partial charge in [0.15, 0.2) is 8.32 Å². The fourth-order valence-electron chi connectivity index (χ4n) is 6.72. The third kappa shape index (κ3) is 6.30. The summed E-state index contributed by atoms with van der Waals surface area (Å²) in [7, 11) is -1.65. The summed E-state index contributed by atoms with van der Waals surface area (Å²) in [6.45, 7) is 20.7. The molecule has 1 unspecified atom stereocenters. The first kappa shape index (κ1) is 27.4. The quantitative estimate of drug-likeness (QED) is 0.263. The maximum Gasteiger partial charge on any atom is 0.184 e. The summed E-state index contributed by atoms with van der Waals surface area (Å²) in [5.74, 6) is 0.932. The summed E-state index contributed by atoms with van der Waals surface area (Å²) in [6.07, 6.45) is 8.79. The molecule has 0 amide bonds. The molecule has 5 atom stereocenters. The molecule has 2 saturated carbocycles. The Hall–Kier alpha value is -1.23. The largest absolute Gasteiger partial charge is 0.411 e. The van der Waals surface area contributed by atoms with Crippen molar-refractivity contribution in [3.8, 4) is 0 Å². The van der Waals surface area contributed by atoms with E-state index in [1.54, 1.807) is 0 Å². The molecule has 0 radical (unpaired) electrons. The molecule has 34 heavy (non-hydrogen) atoms. The first-order valence-corrected chi connectivity index (χ1v) is 16.7. The topological polar surface area (TPSA) is 35.5 Å². The van der Waals surface area contributed by atoms with Crippen LogP contribution in [0.1, 0.15) is 78.2 Å². The molecule has 0 heterocycles. The van der Waals surface area contributed by atoms with E-state index in [1.807, 2.05) is 12.1 Å². The summed E-state index contributed by atoms with van der Waals surface area (Å²) in [6, 6.07) is 10.5. The Labute approximate surface area is 209 Å². The minimum Gasteiger partial charge on any atom is -0.411 e. The van der Waals surface area contributed by atoms with Gasteiger partial charge in [0.05, 0.1) is 18.8 Å². The van der Waals surface area contributed by atoms with Gasteiger partial charge in [-0.3, -0.25) is 4.79 Å². The van der Waals surface area contributed by atoms with Crippen LogP contribution in [0.25, 0.3) is 0 Å². The van der Waals surface area contributed by atoms with E-state index < -0.39 is 8.32 Å². The lowest BCUT2D eigenvalue weighted by Gasteiger charge is -2.54. The van der Waals surface area contributed by atoms with Crippen LogP contribution in [0.4, 0.5) is 0 Å². The van der Waals surface area contributed by atoms with E-state index in [0.29, 0.717) is 24.7 Å². The van der Waals surface area contributed by atoms with E-state index in [-0.39, 0.29) is 28.5 Å². The van der Waals surface area contributed by atoms with Gasteiger partial charge in [-0.15, -0.1) is 6.58 Å². The number of fused-ring (bicyclic) bond motifs is 1. The molecule has 2 fully saturated rings. The van der Waals surface area contributed by atoms with Gasteiger partial charge in [-0.2, -0.15) is 0 Å². The standard InChI is InChI=1S/C30H48O3Si/c1-9-24(33-34(6,7)8)15-18-29(4)19-16-25-28(2,3)27(17-20-30(25,5)21-26(29)31)32-22-23-13-11-10-12-14-23/h9-14,24-25,27H,1,15-22H2,2-8H3/t24?,25-,27+,29-,30+/m0/s1. The van der Waals surface area contributed by atoms with E-state index in [2.05, 4.69) is 78.2 Å². The fourth-order valence-corrected chi connectivity index (χ4v) is 7.84. The molecular formula is C30H48O3Si. The van der Waals surface area contributed by atoms with Gasteiger partial charge >= 0.3 is 0 Å². The van der Waals surface area contributed by atoms with E-state index >= 15 is 0 Å². The van der Waals surface area contributed by atoms with Crippen molar-refractivity contribution >= 4 is 14.1 Å². The number of carbonyl (C=O) groups is 1. The second-order valence-electron chi connectivity index (χ2n) is 13.1. The zero-order valence-corrected chi connectivity index (χ0v) is 23.8. The molecule has 1 aromatic carbocycles. The molecule has 0 aliphatic heterocycles. The minimum atomic E-state index is -1.65. The lowest BCUT2D eigenvalue weighted by molar-refractivity contribution is -0.142. The molecule has 190 valence electrons. The molecule has 0 spiro atoms. The number of Topliss-reactive ketones (excluding diaryl/α,β-unsaturated/α-hetero) is 1. The average molecular weight is 485 g/mol. The van der Waals surface area contributed by atoms with Gasteiger partial charge in [-0.05, 0) is 80.5 Å². The van der Waals surface area contributed by atoms with Crippen LogP contribution in [0.15, 0.2) is 43.0 Å². The zero-order valence-electron chi connectivity index (χ0n) is 22.8. The maximum absolute atomic E-state index is 13.7. The van der Waals surface area contributed by atoms with Crippen LogP contribution in [-0.4, -0.2) is 26.3 Å². The third-order valence-electron chi connectivity index (χ3n) is 8.81. The Morgan fingerprint density at radius 1 is 1.09 bits per heavy atom. The summed E-state index contributed by atoms with van der Waals surface area (Å²) in [4.78, 5) is 13.7. The first-order valence-electron chi connectivity index (χ1n) is 13.3. The molecule has 2 aliphatic carbocycles. The second-order valence-corrected chi connectivity index (χ2v) is 17.6. The van der Waals surface area contributed by atoms with Crippen molar-refractivity contribution in [1.29, 1.82) is 0 Å². The van der Waals surface area contributed by atoms with Crippen LogP contribution in [0.5, 0.6) is 0 Å². The lowest BCUT2D eigenvalue weighted by Crippen LogP contribution is -2.50. The number of hydrogen-bond acceptors (Lipinski definition) is 3. The molecule has 0 aromatic heterocycles. The monoisotopic (exact) mass is 484 g/mol. The van der Waals surface area contributed by atoms with Crippen molar-refractivity contribution in [3.63, 3.8) is 0 Å². The van der Waals surface area contributed by atoms with Gasteiger partial charge in [0.1, 0.15) is 5.78 Å². The van der Waals surface area contributed by atoms with Crippen molar-refractivity contribution in [2.75, 3.05) is 0 Å². The third-order valence-corrected chi connectivity index (χ3v) is 9.82. The van der Waals surface area contributed by atoms with Gasteiger partial charge in [0.25, 0.3) is 0 Å². The Bertz CT molecular complexity index is 842. The number of carbonyl (C=O) groups excluding carboxylic acids is 1. The molecular weight excluding hydrogens is 436 g/mol. The Balaban J connectivity index is 1.71. The van der Waals surface area contributed by atoms with Crippen LogP contribution >= 0.6 is 0 Å². The zero-order chi connectivity index (χ0) is 25.2. The average Bonchev–Trinajstić information content (AvgIpc) is 2.85. The van der Waals surface area contributed by atoms with Gasteiger partial charge in [0.2, 0.25) is 0 Å². The molecule has 0 saturated heterocycles. The fraction of sp³-hybridized carbons (Fsp3) is 0.700. The number of hydrogen-bond donors (Lipinski definition) is 0. The Morgan fingerprint density at radius 2 is 1.76 bits per heavy atom. The van der Waals surface area contributed by atoms with Crippen LogP contribution in [-0.2, 0) is 20.6 Å². The number of rotatable bonds is 9. The number of benzene rings is 1. The van der Waals surface area contributed by atoms with E-state index in [0.717, 1.165) is 38.5 Å². The summed E-state index contributed by atoms with van der Waals surface area (Å²) < 4.78 is 12.8. The highest BCUT2D eigenvalue weighted by Crippen LogP contribution is 2.59. The predicted molar refractivity (Wildman–Crippen MR) is 144 cm³/mol. The SMILES string of the molecule is C=CC(CC[C@@]1(C)CC[C@H]2C(C)(C)[C@H](OCc3ccccc3)CC[C@]2(C)CC1=O)O[Si](C)(C)C. The Morgan fingerprint density at radius 3 is 2.38 bits per heavy atom. The number of ether oxygens (including phenoxy) is 1. The van der Waals surface area contributed by atoms with Crippen LogP contribution < -0.4 is 0 Å². The van der Waals surface area contributed by atoms with Gasteiger partial charge in [0, 0.05) is 11.8 Å². The minimum absolute atomic E-state index is 0.0396. The molecule has 0 bridgehead atoms. The molecule has 4 heteroatoms. The predicted octanol–water partition coefficient (Wildman–Crippen LogP) is 7.96. The summed E-state index contributed by atoms with van der Waals surface area (Å²) in [5.41, 5.74) is 1.05. The molecule has 2 aliphatic rings. The smallest absolute Gasteiger partial charge is 0.184 e. The van der Waals surface area contributed by atoms with Crippen LogP contribution in [0.3, 0.4) is 0 Å². The second kappa shape index (κ2) is 10.4. The highest BCUT2D eigenvalue weighted by Gasteiger charge is 2.55. The highest BCUT2D eigenvalue weighted by molar-refractivity contribution is 6.69. The normalized spacial score (nSPS) is 32.5. The van der Waals surface area contributed by atoms with Crippen LogP contribution in [0, 0.1) is 22.2 Å². The lowest BCUT2D eigenvalue weighted by atomic mass is 9.53. The van der Waals surface area contributed by atoms with Crippen molar-refractivity contribution in [3.05, 3.63) is 48.6 Å². The maximum atomic E-state index is 13.7. The first-order chi connectivity index (χ1) is 15.8. The van der Waals surface area contributed by atoms with Crippen molar-refractivity contribution in [1.82, 2.24) is 0 Å².